The van der Waals surface area contributed by atoms with Crippen LogP contribution in [0.15, 0.2) is 96.1 Å². The second-order valence-corrected chi connectivity index (χ2v) is 7.92. The van der Waals surface area contributed by atoms with E-state index < -0.39 is 5.97 Å². The van der Waals surface area contributed by atoms with Gasteiger partial charge in [0.2, 0.25) is 0 Å². The molecule has 0 bridgehead atoms. The summed E-state index contributed by atoms with van der Waals surface area (Å²) >= 11 is 0. The van der Waals surface area contributed by atoms with Gasteiger partial charge in [0.25, 0.3) is 5.91 Å². The third kappa shape index (κ3) is 6.93. The molecule has 0 heterocycles. The van der Waals surface area contributed by atoms with Gasteiger partial charge in [0.05, 0.1) is 18.4 Å². The number of ether oxygens (including phenoxy) is 3. The van der Waals surface area contributed by atoms with Crippen molar-refractivity contribution in [1.29, 1.82) is 0 Å². The van der Waals surface area contributed by atoms with Crippen molar-refractivity contribution in [3.05, 3.63) is 102 Å². The number of hydrogen-bond donors (Lipinski definition) is 1. The van der Waals surface area contributed by atoms with Crippen LogP contribution >= 0.6 is 0 Å². The number of nitrogens with zero attached hydrogens (tertiary/aromatic N) is 1. The zero-order valence-corrected chi connectivity index (χ0v) is 19.8. The van der Waals surface area contributed by atoms with Crippen molar-refractivity contribution in [3.63, 3.8) is 0 Å². The zero-order valence-electron chi connectivity index (χ0n) is 19.8. The highest BCUT2D eigenvalue weighted by atomic mass is 16.5. The van der Waals surface area contributed by atoms with E-state index in [4.69, 9.17) is 14.2 Å². The standard InChI is InChI=1S/C29H26N2O5/c1-2-17-34-25-14-10-23(11-15-25)29(33)36-26-12-7-21(8-13-26)19-30-31-28(32)20-35-27-16-9-22-5-3-4-6-24(22)18-27/h3-16,18-19H,2,17,20H2,1H3,(H,31,32)/b30-19-. The third-order valence-electron chi connectivity index (χ3n) is 5.15. The molecule has 0 aliphatic heterocycles. The second-order valence-electron chi connectivity index (χ2n) is 7.92. The Kier molecular flexibility index (Phi) is 8.27. The largest absolute Gasteiger partial charge is 0.494 e. The number of rotatable bonds is 10. The van der Waals surface area contributed by atoms with Gasteiger partial charge in [0.1, 0.15) is 17.2 Å². The van der Waals surface area contributed by atoms with E-state index in [1.54, 1.807) is 48.5 Å². The van der Waals surface area contributed by atoms with Crippen molar-refractivity contribution in [2.45, 2.75) is 13.3 Å². The number of fused-ring (bicyclic) bond motifs is 1. The molecule has 0 aliphatic rings. The topological polar surface area (TPSA) is 86.2 Å². The molecule has 4 aromatic rings. The van der Waals surface area contributed by atoms with Crippen LogP contribution in [0.1, 0.15) is 29.3 Å². The van der Waals surface area contributed by atoms with Crippen molar-refractivity contribution in [3.8, 4) is 17.2 Å². The van der Waals surface area contributed by atoms with Gasteiger partial charge < -0.3 is 14.2 Å². The summed E-state index contributed by atoms with van der Waals surface area (Å²) in [7, 11) is 0. The molecular formula is C29H26N2O5. The van der Waals surface area contributed by atoms with Crippen LogP contribution in [-0.4, -0.2) is 31.3 Å². The minimum Gasteiger partial charge on any atom is -0.494 e. The molecule has 36 heavy (non-hydrogen) atoms. The Morgan fingerprint density at radius 2 is 1.50 bits per heavy atom. The third-order valence-corrected chi connectivity index (χ3v) is 5.15. The van der Waals surface area contributed by atoms with E-state index in [9.17, 15) is 9.59 Å². The van der Waals surface area contributed by atoms with Gasteiger partial charge in [-0.2, -0.15) is 5.10 Å². The van der Waals surface area contributed by atoms with Gasteiger partial charge in [-0.15, -0.1) is 0 Å². The fourth-order valence-electron chi connectivity index (χ4n) is 3.31. The van der Waals surface area contributed by atoms with Crippen molar-refractivity contribution >= 4 is 28.9 Å². The molecule has 4 rings (SSSR count). The van der Waals surface area contributed by atoms with Crippen LogP contribution in [0.25, 0.3) is 10.8 Å². The molecule has 0 saturated carbocycles. The molecule has 0 aliphatic carbocycles. The highest BCUT2D eigenvalue weighted by Gasteiger charge is 2.09. The maximum Gasteiger partial charge on any atom is 0.343 e. The summed E-state index contributed by atoms with van der Waals surface area (Å²) in [5.41, 5.74) is 3.59. The molecule has 182 valence electrons. The van der Waals surface area contributed by atoms with E-state index in [0.717, 1.165) is 22.8 Å². The molecule has 0 aromatic heterocycles. The smallest absolute Gasteiger partial charge is 0.343 e. The molecule has 0 atom stereocenters. The molecule has 1 N–H and O–H groups in total. The Labute approximate surface area is 209 Å². The average molecular weight is 483 g/mol. The van der Waals surface area contributed by atoms with E-state index >= 15 is 0 Å². The minimum atomic E-state index is -0.461. The van der Waals surface area contributed by atoms with Crippen LogP contribution in [0.5, 0.6) is 17.2 Å². The number of amides is 1. The monoisotopic (exact) mass is 482 g/mol. The number of carbonyl (C=O) groups is 2. The summed E-state index contributed by atoms with van der Waals surface area (Å²) in [5, 5.41) is 6.09. The van der Waals surface area contributed by atoms with Gasteiger partial charge in [-0.25, -0.2) is 10.2 Å². The van der Waals surface area contributed by atoms with Crippen molar-refractivity contribution in [2.75, 3.05) is 13.2 Å². The fraction of sp³-hybridized carbons (Fsp3) is 0.138. The predicted octanol–water partition coefficient (Wildman–Crippen LogP) is 5.38. The minimum absolute atomic E-state index is 0.156. The highest BCUT2D eigenvalue weighted by Crippen LogP contribution is 2.20. The summed E-state index contributed by atoms with van der Waals surface area (Å²) in [6.45, 7) is 2.50. The van der Waals surface area contributed by atoms with Crippen molar-refractivity contribution in [1.82, 2.24) is 5.43 Å². The fourth-order valence-corrected chi connectivity index (χ4v) is 3.31. The van der Waals surface area contributed by atoms with Crippen LogP contribution in [0.4, 0.5) is 0 Å². The summed E-state index contributed by atoms with van der Waals surface area (Å²) in [5.74, 6) is 0.882. The number of hydrogen-bond acceptors (Lipinski definition) is 6. The SMILES string of the molecule is CCCOc1ccc(C(=O)Oc2ccc(/C=N\NC(=O)COc3ccc4ccccc4c3)cc2)cc1. The number of hydrazone groups is 1. The first-order valence-electron chi connectivity index (χ1n) is 11.6. The van der Waals surface area contributed by atoms with Crippen LogP contribution < -0.4 is 19.6 Å². The Hall–Kier alpha value is -4.65. The van der Waals surface area contributed by atoms with Crippen molar-refractivity contribution in [2.24, 2.45) is 5.10 Å². The molecule has 0 radical (unpaired) electrons. The van der Waals surface area contributed by atoms with Gasteiger partial charge in [-0.05, 0) is 83.4 Å². The summed E-state index contributed by atoms with van der Waals surface area (Å²) < 4.78 is 16.5. The lowest BCUT2D eigenvalue weighted by atomic mass is 10.1. The number of carbonyl (C=O) groups excluding carboxylic acids is 2. The maximum atomic E-state index is 12.4. The summed E-state index contributed by atoms with van der Waals surface area (Å²) in [6, 6.07) is 27.2. The van der Waals surface area contributed by atoms with Gasteiger partial charge in [-0.1, -0.05) is 37.3 Å². The second kappa shape index (κ2) is 12.2. The first kappa shape index (κ1) is 24.5. The van der Waals surface area contributed by atoms with E-state index in [0.29, 0.717) is 29.4 Å². The highest BCUT2D eigenvalue weighted by molar-refractivity contribution is 5.91. The molecule has 0 spiro atoms. The molecule has 0 saturated heterocycles. The lowest BCUT2D eigenvalue weighted by molar-refractivity contribution is -0.123. The van der Waals surface area contributed by atoms with Gasteiger partial charge in [0, 0.05) is 0 Å². The first-order chi connectivity index (χ1) is 17.6. The van der Waals surface area contributed by atoms with Crippen molar-refractivity contribution < 1.29 is 23.8 Å². The molecule has 0 fully saturated rings. The maximum absolute atomic E-state index is 12.4. The lowest BCUT2D eigenvalue weighted by Gasteiger charge is -2.07. The van der Waals surface area contributed by atoms with E-state index in [-0.39, 0.29) is 12.5 Å². The van der Waals surface area contributed by atoms with Gasteiger partial charge in [0.15, 0.2) is 6.61 Å². The van der Waals surface area contributed by atoms with Gasteiger partial charge >= 0.3 is 5.97 Å². The molecule has 1 amide bonds. The summed E-state index contributed by atoms with van der Waals surface area (Å²) in [6.07, 6.45) is 2.41. The van der Waals surface area contributed by atoms with Gasteiger partial charge in [-0.3, -0.25) is 4.79 Å². The number of esters is 1. The molecule has 7 heteroatoms. The zero-order chi connectivity index (χ0) is 25.2. The Bertz CT molecular complexity index is 1350. The number of benzene rings is 4. The quantitative estimate of drug-likeness (QED) is 0.142. The molecular weight excluding hydrogens is 456 g/mol. The first-order valence-corrected chi connectivity index (χ1v) is 11.6. The molecule has 0 unspecified atom stereocenters. The molecule has 4 aromatic carbocycles. The summed E-state index contributed by atoms with van der Waals surface area (Å²) in [4.78, 5) is 24.4. The normalized spacial score (nSPS) is 10.8. The Morgan fingerprint density at radius 3 is 2.25 bits per heavy atom. The number of nitrogens with one attached hydrogen (secondary N) is 1. The Morgan fingerprint density at radius 1 is 0.806 bits per heavy atom. The van der Waals surface area contributed by atoms with Crippen LogP contribution in [-0.2, 0) is 4.79 Å². The Balaban J connectivity index is 1.22. The van der Waals surface area contributed by atoms with E-state index in [1.165, 1.54) is 6.21 Å². The van der Waals surface area contributed by atoms with E-state index in [2.05, 4.69) is 10.5 Å². The van der Waals surface area contributed by atoms with E-state index in [1.807, 2.05) is 49.4 Å². The lowest BCUT2D eigenvalue weighted by Crippen LogP contribution is -2.24. The average Bonchev–Trinajstić information content (AvgIpc) is 2.92. The van der Waals surface area contributed by atoms with Crippen LogP contribution in [0, 0.1) is 0 Å². The van der Waals surface area contributed by atoms with Crippen LogP contribution in [0.2, 0.25) is 0 Å². The van der Waals surface area contributed by atoms with Crippen LogP contribution in [0.3, 0.4) is 0 Å². The predicted molar refractivity (Wildman–Crippen MR) is 139 cm³/mol. The molecule has 7 nitrogen and oxygen atoms in total.